The van der Waals surface area contributed by atoms with Crippen LogP contribution in [-0.2, 0) is 18.2 Å². The van der Waals surface area contributed by atoms with E-state index < -0.39 is 5.60 Å². The van der Waals surface area contributed by atoms with Gasteiger partial charge in [-0.05, 0) is 17.7 Å². The molecular weight excluding hydrogens is 330 g/mol. The lowest BCUT2D eigenvalue weighted by atomic mass is 9.93. The third-order valence-electron chi connectivity index (χ3n) is 4.22. The Morgan fingerprint density at radius 2 is 2.17 bits per heavy atom. The van der Waals surface area contributed by atoms with E-state index in [9.17, 15) is 9.90 Å². The van der Waals surface area contributed by atoms with Crippen molar-refractivity contribution in [3.63, 3.8) is 0 Å². The lowest BCUT2D eigenvalue weighted by Gasteiger charge is -2.41. The number of hydrogen-bond acceptors (Lipinski definition) is 4. The van der Waals surface area contributed by atoms with Crippen molar-refractivity contribution < 1.29 is 14.6 Å². The van der Waals surface area contributed by atoms with Gasteiger partial charge in [-0.2, -0.15) is 5.10 Å². The summed E-state index contributed by atoms with van der Waals surface area (Å²) in [7, 11) is 1.77. The van der Waals surface area contributed by atoms with Crippen molar-refractivity contribution in [1.82, 2.24) is 14.7 Å². The zero-order valence-electron chi connectivity index (χ0n) is 13.5. The van der Waals surface area contributed by atoms with E-state index in [1.165, 1.54) is 0 Å². The molecule has 3 rings (SSSR count). The number of rotatable bonds is 4. The minimum Gasteiger partial charge on any atom is -0.393 e. The molecule has 0 spiro atoms. The number of carbonyl (C=O) groups excluding carboxylic acids is 1. The van der Waals surface area contributed by atoms with Crippen molar-refractivity contribution in [2.45, 2.75) is 12.0 Å². The van der Waals surface area contributed by atoms with Crippen LogP contribution in [0.3, 0.4) is 0 Å². The van der Waals surface area contributed by atoms with Gasteiger partial charge in [-0.15, -0.1) is 0 Å². The Balaban J connectivity index is 1.76. The molecule has 1 aliphatic rings. The molecule has 1 aromatic carbocycles. The van der Waals surface area contributed by atoms with Crippen LogP contribution in [0.2, 0.25) is 5.02 Å². The van der Waals surface area contributed by atoms with E-state index in [1.807, 2.05) is 24.3 Å². The van der Waals surface area contributed by atoms with Crippen molar-refractivity contribution in [3.05, 3.63) is 52.8 Å². The Kier molecular flexibility index (Phi) is 4.89. The molecule has 1 fully saturated rings. The summed E-state index contributed by atoms with van der Waals surface area (Å²) in [5.41, 5.74) is 0.742. The first kappa shape index (κ1) is 17.0. The first-order valence-electron chi connectivity index (χ1n) is 7.78. The fourth-order valence-corrected chi connectivity index (χ4v) is 3.09. The molecule has 1 saturated heterocycles. The number of aryl methyl sites for hydroxylation is 1. The highest BCUT2D eigenvalue weighted by Gasteiger charge is 2.38. The first-order valence-corrected chi connectivity index (χ1v) is 8.16. The van der Waals surface area contributed by atoms with Crippen molar-refractivity contribution in [2.75, 3.05) is 26.3 Å². The van der Waals surface area contributed by atoms with Crippen LogP contribution in [0.25, 0.3) is 0 Å². The molecule has 6 nitrogen and oxygen atoms in total. The molecule has 1 N–H and O–H groups in total. The van der Waals surface area contributed by atoms with E-state index in [4.69, 9.17) is 16.3 Å². The number of aromatic nitrogens is 2. The molecule has 1 aliphatic heterocycles. The molecule has 0 saturated carbocycles. The highest BCUT2D eigenvalue weighted by molar-refractivity contribution is 6.30. The molecule has 24 heavy (non-hydrogen) atoms. The summed E-state index contributed by atoms with van der Waals surface area (Å²) < 4.78 is 7.47. The van der Waals surface area contributed by atoms with E-state index >= 15 is 0 Å². The molecule has 1 aromatic heterocycles. The number of amides is 1. The van der Waals surface area contributed by atoms with Gasteiger partial charge in [0.15, 0.2) is 0 Å². The number of aliphatic hydroxyl groups is 1. The van der Waals surface area contributed by atoms with Crippen LogP contribution in [0.4, 0.5) is 0 Å². The third kappa shape index (κ3) is 3.61. The maximum atomic E-state index is 12.6. The normalized spacial score (nSPS) is 21.0. The highest BCUT2D eigenvalue weighted by Crippen LogP contribution is 2.25. The van der Waals surface area contributed by atoms with E-state index in [0.29, 0.717) is 36.7 Å². The Bertz CT molecular complexity index is 716. The van der Waals surface area contributed by atoms with Gasteiger partial charge in [-0.25, -0.2) is 0 Å². The maximum Gasteiger partial charge on any atom is 0.257 e. The number of halogens is 1. The van der Waals surface area contributed by atoms with E-state index in [0.717, 1.165) is 5.56 Å². The lowest BCUT2D eigenvalue weighted by molar-refractivity contribution is -0.123. The smallest absolute Gasteiger partial charge is 0.257 e. The molecule has 0 aliphatic carbocycles. The topological polar surface area (TPSA) is 67.6 Å². The standard InChI is InChI=1S/C17H20ClN3O3/c1-20-10-14(9-19-20)16(23)21-6-7-24-17(11-21,12-22)8-13-2-4-15(18)5-3-13/h2-5,9-10,22H,6-8,11-12H2,1H3/t17-/m1/s1. The Morgan fingerprint density at radius 1 is 1.42 bits per heavy atom. The predicted octanol–water partition coefficient (Wildman–Crippen LogP) is 1.52. The van der Waals surface area contributed by atoms with Crippen molar-refractivity contribution in [2.24, 2.45) is 7.05 Å². The average Bonchev–Trinajstić information content (AvgIpc) is 3.03. The number of carbonyl (C=O) groups is 1. The number of aliphatic hydroxyl groups excluding tert-OH is 1. The van der Waals surface area contributed by atoms with Gasteiger partial charge in [0.05, 0.1) is 31.5 Å². The quantitative estimate of drug-likeness (QED) is 0.908. The summed E-state index contributed by atoms with van der Waals surface area (Å²) in [4.78, 5) is 14.3. The zero-order valence-corrected chi connectivity index (χ0v) is 14.2. The Hall–Kier alpha value is -1.89. The van der Waals surface area contributed by atoms with E-state index in [1.54, 1.807) is 29.0 Å². The largest absolute Gasteiger partial charge is 0.393 e. The Morgan fingerprint density at radius 3 is 2.79 bits per heavy atom. The molecule has 128 valence electrons. The number of benzene rings is 1. The summed E-state index contributed by atoms with van der Waals surface area (Å²) in [5.74, 6) is -0.0969. The third-order valence-corrected chi connectivity index (χ3v) is 4.47. The first-order chi connectivity index (χ1) is 11.5. The molecule has 0 radical (unpaired) electrons. The predicted molar refractivity (Wildman–Crippen MR) is 90.0 cm³/mol. The van der Waals surface area contributed by atoms with Gasteiger partial charge in [0, 0.05) is 31.2 Å². The van der Waals surface area contributed by atoms with Gasteiger partial charge >= 0.3 is 0 Å². The van der Waals surface area contributed by atoms with Crippen LogP contribution in [-0.4, -0.2) is 57.6 Å². The fourth-order valence-electron chi connectivity index (χ4n) is 2.97. The number of morpholine rings is 1. The minimum absolute atomic E-state index is 0.0969. The van der Waals surface area contributed by atoms with Crippen LogP contribution < -0.4 is 0 Å². The second-order valence-electron chi connectivity index (χ2n) is 6.12. The monoisotopic (exact) mass is 349 g/mol. The van der Waals surface area contributed by atoms with Gasteiger partial charge in [0.2, 0.25) is 0 Å². The number of nitrogens with zero attached hydrogens (tertiary/aromatic N) is 3. The highest BCUT2D eigenvalue weighted by atomic mass is 35.5. The molecule has 0 bridgehead atoms. The summed E-state index contributed by atoms with van der Waals surface area (Å²) in [6.45, 7) is 1.06. The minimum atomic E-state index is -0.802. The molecule has 1 atom stereocenters. The zero-order chi connectivity index (χ0) is 17.2. The number of hydrogen-bond donors (Lipinski definition) is 1. The van der Waals surface area contributed by atoms with Gasteiger partial charge in [-0.1, -0.05) is 23.7 Å². The van der Waals surface area contributed by atoms with Gasteiger partial charge < -0.3 is 14.7 Å². The lowest BCUT2D eigenvalue weighted by Crippen LogP contribution is -2.56. The summed E-state index contributed by atoms with van der Waals surface area (Å²) in [5, 5.41) is 14.6. The van der Waals surface area contributed by atoms with Gasteiger partial charge in [-0.3, -0.25) is 9.48 Å². The second-order valence-corrected chi connectivity index (χ2v) is 6.56. The molecular formula is C17H20ClN3O3. The summed E-state index contributed by atoms with van der Waals surface area (Å²) in [6.07, 6.45) is 3.76. The van der Waals surface area contributed by atoms with Crippen molar-refractivity contribution in [3.8, 4) is 0 Å². The van der Waals surface area contributed by atoms with Gasteiger partial charge in [0.25, 0.3) is 5.91 Å². The molecule has 0 unspecified atom stereocenters. The SMILES string of the molecule is Cn1cc(C(=O)N2CCO[C@](CO)(Cc3ccc(Cl)cc3)C2)cn1. The average molecular weight is 350 g/mol. The number of ether oxygens (including phenoxy) is 1. The van der Waals surface area contributed by atoms with Crippen LogP contribution >= 0.6 is 11.6 Å². The second kappa shape index (κ2) is 6.93. The van der Waals surface area contributed by atoms with Crippen LogP contribution in [0.15, 0.2) is 36.7 Å². The summed E-state index contributed by atoms with van der Waals surface area (Å²) in [6, 6.07) is 7.43. The molecule has 2 heterocycles. The van der Waals surface area contributed by atoms with Gasteiger partial charge in [0.1, 0.15) is 5.60 Å². The van der Waals surface area contributed by atoms with Crippen molar-refractivity contribution >= 4 is 17.5 Å². The van der Waals surface area contributed by atoms with Crippen LogP contribution in [0.5, 0.6) is 0 Å². The van der Waals surface area contributed by atoms with Crippen molar-refractivity contribution in [1.29, 1.82) is 0 Å². The maximum absolute atomic E-state index is 12.6. The molecule has 2 aromatic rings. The Labute approximate surface area is 145 Å². The fraction of sp³-hybridized carbons (Fsp3) is 0.412. The van der Waals surface area contributed by atoms with E-state index in [-0.39, 0.29) is 12.5 Å². The van der Waals surface area contributed by atoms with Crippen LogP contribution in [0, 0.1) is 0 Å². The summed E-state index contributed by atoms with van der Waals surface area (Å²) >= 11 is 5.92. The van der Waals surface area contributed by atoms with E-state index in [2.05, 4.69) is 5.10 Å². The molecule has 7 heteroatoms. The van der Waals surface area contributed by atoms with Crippen LogP contribution in [0.1, 0.15) is 15.9 Å². The molecule has 1 amide bonds.